The predicted molar refractivity (Wildman–Crippen MR) is 102 cm³/mol. The summed E-state index contributed by atoms with van der Waals surface area (Å²) in [5, 5.41) is 0. The number of hydrogen-bond acceptors (Lipinski definition) is 5. The van der Waals surface area contributed by atoms with Gasteiger partial charge in [0.25, 0.3) is 11.8 Å². The number of imide groups is 1. The minimum atomic E-state index is -0.250. The van der Waals surface area contributed by atoms with Crippen molar-refractivity contribution >= 4 is 11.8 Å². The lowest BCUT2D eigenvalue weighted by Gasteiger charge is -2.30. The lowest BCUT2D eigenvalue weighted by molar-refractivity contribution is 0.0539. The van der Waals surface area contributed by atoms with Crippen LogP contribution in [0, 0.1) is 0 Å². The van der Waals surface area contributed by atoms with Crippen molar-refractivity contribution in [3.05, 3.63) is 65.7 Å². The van der Waals surface area contributed by atoms with Crippen LogP contribution in [0.15, 0.2) is 54.6 Å². The van der Waals surface area contributed by atoms with E-state index in [1.807, 2.05) is 37.4 Å². The molecule has 0 bridgehead atoms. The zero-order valence-corrected chi connectivity index (χ0v) is 15.6. The van der Waals surface area contributed by atoms with Crippen molar-refractivity contribution in [3.63, 3.8) is 0 Å². The van der Waals surface area contributed by atoms with Crippen molar-refractivity contribution < 1.29 is 19.1 Å². The minimum absolute atomic E-state index is 0.150. The Morgan fingerprint density at radius 3 is 2.15 bits per heavy atom. The molecule has 0 saturated heterocycles. The van der Waals surface area contributed by atoms with Gasteiger partial charge in [0, 0.05) is 20.2 Å². The third-order valence-electron chi connectivity index (χ3n) is 4.73. The zero-order chi connectivity index (χ0) is 19.2. The Balaban J connectivity index is 1.73. The summed E-state index contributed by atoms with van der Waals surface area (Å²) >= 11 is 0. The highest BCUT2D eigenvalue weighted by atomic mass is 16.5. The fourth-order valence-corrected chi connectivity index (χ4v) is 3.06. The van der Waals surface area contributed by atoms with Gasteiger partial charge in [0.05, 0.1) is 23.8 Å². The number of amides is 2. The van der Waals surface area contributed by atoms with Gasteiger partial charge < -0.3 is 9.47 Å². The van der Waals surface area contributed by atoms with Crippen molar-refractivity contribution in [1.82, 2.24) is 9.80 Å². The number of carbonyl (C=O) groups is 2. The highest BCUT2D eigenvalue weighted by molar-refractivity contribution is 6.21. The quantitative estimate of drug-likeness (QED) is 0.636. The molecule has 1 unspecified atom stereocenters. The number of rotatable bonds is 9. The number of fused-ring (bicyclic) bond motifs is 1. The van der Waals surface area contributed by atoms with Crippen LogP contribution in [0.4, 0.5) is 0 Å². The molecule has 6 nitrogen and oxygen atoms in total. The highest BCUT2D eigenvalue weighted by Crippen LogP contribution is 2.23. The topological polar surface area (TPSA) is 59.1 Å². The molecule has 0 aliphatic carbocycles. The second-order valence-electron chi connectivity index (χ2n) is 6.52. The third kappa shape index (κ3) is 4.35. The van der Waals surface area contributed by atoms with Crippen LogP contribution in [0.25, 0.3) is 0 Å². The van der Waals surface area contributed by atoms with E-state index in [1.54, 1.807) is 31.4 Å². The van der Waals surface area contributed by atoms with Crippen LogP contribution >= 0.6 is 0 Å². The van der Waals surface area contributed by atoms with Crippen molar-refractivity contribution in [1.29, 1.82) is 0 Å². The van der Waals surface area contributed by atoms with E-state index in [9.17, 15) is 9.59 Å². The van der Waals surface area contributed by atoms with Crippen LogP contribution in [0.2, 0.25) is 0 Å². The Bertz CT molecular complexity index is 759. The fraction of sp³-hybridized carbons (Fsp3) is 0.333. The number of methoxy groups -OCH3 is 1. The van der Waals surface area contributed by atoms with Crippen molar-refractivity contribution in [2.24, 2.45) is 0 Å². The molecule has 0 N–H and O–H groups in total. The highest BCUT2D eigenvalue weighted by Gasteiger charge is 2.37. The van der Waals surface area contributed by atoms with Crippen molar-refractivity contribution in [2.75, 3.05) is 40.5 Å². The molecule has 2 amide bonds. The lowest BCUT2D eigenvalue weighted by atomic mass is 10.1. The standard InChI is InChI=1S/C21H24N2O4/c1-22(12-13-26-2)16(15-27-17-8-4-3-5-9-17)14-23-20(24)18-10-6-7-11-19(18)21(23)25/h3-11,16H,12-15H2,1-2H3. The van der Waals surface area contributed by atoms with Crippen LogP contribution in [0.5, 0.6) is 5.75 Å². The first-order valence-corrected chi connectivity index (χ1v) is 8.94. The van der Waals surface area contributed by atoms with Gasteiger partial charge >= 0.3 is 0 Å². The molecule has 0 fully saturated rings. The number of likely N-dealkylation sites (N-methyl/N-ethyl adjacent to an activating group) is 1. The Hall–Kier alpha value is -2.70. The number of hydrogen-bond donors (Lipinski definition) is 0. The van der Waals surface area contributed by atoms with Crippen LogP contribution in [-0.2, 0) is 4.74 Å². The van der Waals surface area contributed by atoms with Gasteiger partial charge in [-0.05, 0) is 31.3 Å². The van der Waals surface area contributed by atoms with Gasteiger partial charge in [0.15, 0.2) is 0 Å². The number of benzene rings is 2. The molecule has 6 heteroatoms. The first kappa shape index (κ1) is 19.1. The SMILES string of the molecule is COCCN(C)C(COc1ccccc1)CN1C(=O)c2ccccc2C1=O. The Morgan fingerprint density at radius 1 is 0.963 bits per heavy atom. The van der Waals surface area contributed by atoms with Crippen molar-refractivity contribution in [2.45, 2.75) is 6.04 Å². The molecule has 1 aliphatic rings. The number of carbonyl (C=O) groups excluding carboxylic acids is 2. The predicted octanol–water partition coefficient (Wildman–Crippen LogP) is 2.31. The molecule has 1 heterocycles. The average molecular weight is 368 g/mol. The molecule has 1 atom stereocenters. The molecule has 0 spiro atoms. The van der Waals surface area contributed by atoms with E-state index in [4.69, 9.17) is 9.47 Å². The first-order valence-electron chi connectivity index (χ1n) is 8.94. The van der Waals surface area contributed by atoms with Crippen LogP contribution in [-0.4, -0.2) is 68.1 Å². The summed E-state index contributed by atoms with van der Waals surface area (Å²) in [6.07, 6.45) is 0. The van der Waals surface area contributed by atoms with E-state index in [-0.39, 0.29) is 24.4 Å². The summed E-state index contributed by atoms with van der Waals surface area (Å²) < 4.78 is 11.1. The molecule has 3 rings (SSSR count). The Labute approximate surface area is 159 Å². The normalized spacial score (nSPS) is 14.6. The van der Waals surface area contributed by atoms with Crippen LogP contribution < -0.4 is 4.74 Å². The van der Waals surface area contributed by atoms with E-state index in [0.29, 0.717) is 30.9 Å². The summed E-state index contributed by atoms with van der Waals surface area (Å²) in [5.41, 5.74) is 0.926. The molecule has 2 aromatic carbocycles. The second-order valence-corrected chi connectivity index (χ2v) is 6.52. The molecule has 0 aromatic heterocycles. The Morgan fingerprint density at radius 2 is 1.56 bits per heavy atom. The van der Waals surface area contributed by atoms with Gasteiger partial charge in [0.1, 0.15) is 12.4 Å². The zero-order valence-electron chi connectivity index (χ0n) is 15.6. The van der Waals surface area contributed by atoms with Gasteiger partial charge in [-0.15, -0.1) is 0 Å². The molecule has 1 aliphatic heterocycles. The van der Waals surface area contributed by atoms with E-state index in [1.165, 1.54) is 4.90 Å². The molecule has 2 aromatic rings. The summed E-state index contributed by atoms with van der Waals surface area (Å²) in [6.45, 7) is 1.85. The summed E-state index contributed by atoms with van der Waals surface area (Å²) in [4.78, 5) is 28.7. The molecular weight excluding hydrogens is 344 g/mol. The number of para-hydroxylation sites is 1. The molecule has 142 valence electrons. The summed E-state index contributed by atoms with van der Waals surface area (Å²) in [7, 11) is 3.59. The van der Waals surface area contributed by atoms with E-state index in [0.717, 1.165) is 5.75 Å². The summed E-state index contributed by atoms with van der Waals surface area (Å²) in [6, 6.07) is 16.3. The summed E-state index contributed by atoms with van der Waals surface area (Å²) in [5.74, 6) is 0.255. The van der Waals surface area contributed by atoms with Crippen molar-refractivity contribution in [3.8, 4) is 5.75 Å². The van der Waals surface area contributed by atoms with E-state index < -0.39 is 0 Å². The van der Waals surface area contributed by atoms with E-state index >= 15 is 0 Å². The molecule has 0 saturated carbocycles. The maximum absolute atomic E-state index is 12.7. The van der Waals surface area contributed by atoms with Gasteiger partial charge in [-0.25, -0.2) is 0 Å². The average Bonchev–Trinajstić information content (AvgIpc) is 2.94. The smallest absolute Gasteiger partial charge is 0.261 e. The Kier molecular flexibility index (Phi) is 6.21. The monoisotopic (exact) mass is 368 g/mol. The molecule has 27 heavy (non-hydrogen) atoms. The number of nitrogens with zero attached hydrogens (tertiary/aromatic N) is 2. The van der Waals surface area contributed by atoms with Gasteiger partial charge in [0.2, 0.25) is 0 Å². The third-order valence-corrected chi connectivity index (χ3v) is 4.73. The number of ether oxygens (including phenoxy) is 2. The maximum atomic E-state index is 12.7. The lowest BCUT2D eigenvalue weighted by Crippen LogP contribution is -2.48. The first-order chi connectivity index (χ1) is 13.1. The minimum Gasteiger partial charge on any atom is -0.492 e. The second kappa shape index (κ2) is 8.79. The maximum Gasteiger partial charge on any atom is 0.261 e. The van der Waals surface area contributed by atoms with Crippen LogP contribution in [0.1, 0.15) is 20.7 Å². The van der Waals surface area contributed by atoms with Gasteiger partial charge in [-0.3, -0.25) is 19.4 Å². The fourth-order valence-electron chi connectivity index (χ4n) is 3.06. The largest absolute Gasteiger partial charge is 0.492 e. The van der Waals surface area contributed by atoms with Gasteiger partial charge in [-0.1, -0.05) is 30.3 Å². The molecule has 0 radical (unpaired) electrons. The molecular formula is C21H24N2O4. The van der Waals surface area contributed by atoms with E-state index in [2.05, 4.69) is 4.90 Å². The van der Waals surface area contributed by atoms with Gasteiger partial charge in [-0.2, -0.15) is 0 Å². The van der Waals surface area contributed by atoms with Crippen LogP contribution in [0.3, 0.4) is 0 Å².